The van der Waals surface area contributed by atoms with E-state index in [1.54, 1.807) is 0 Å². The molecule has 4 heteroatoms. The minimum Gasteiger partial charge on any atom is -0.480 e. The van der Waals surface area contributed by atoms with Gasteiger partial charge in [0, 0.05) is 12.1 Å². The fourth-order valence-corrected chi connectivity index (χ4v) is 2.55. The third-order valence-electron chi connectivity index (χ3n) is 3.67. The van der Waals surface area contributed by atoms with Crippen LogP contribution < -0.4 is 0 Å². The number of hydrogen-bond donors (Lipinski definition) is 1. The Morgan fingerprint density at radius 2 is 2.00 bits per heavy atom. The van der Waals surface area contributed by atoms with E-state index >= 15 is 0 Å². The summed E-state index contributed by atoms with van der Waals surface area (Å²) < 4.78 is 0. The molecule has 1 N–H and O–H groups in total. The lowest BCUT2D eigenvalue weighted by atomic mass is 9.98. The van der Waals surface area contributed by atoms with Crippen LogP contribution in [-0.4, -0.2) is 34.5 Å². The van der Waals surface area contributed by atoms with Crippen molar-refractivity contribution in [2.24, 2.45) is 0 Å². The number of piperidine rings is 1. The summed E-state index contributed by atoms with van der Waals surface area (Å²) in [5.74, 6) is -1.06. The van der Waals surface area contributed by atoms with Crippen LogP contribution in [-0.2, 0) is 4.79 Å². The minimum atomic E-state index is -0.904. The number of carboxylic acids is 1. The molecule has 1 saturated heterocycles. The van der Waals surface area contributed by atoms with Crippen LogP contribution in [0.1, 0.15) is 40.7 Å². The lowest BCUT2D eigenvalue weighted by Crippen LogP contribution is -2.48. The maximum Gasteiger partial charge on any atom is 0.326 e. The molecule has 0 spiro atoms. The standard InChI is InChI=1S/C15H19NO3/c1-10-6-7-11(2)12(9-10)14(17)16-8-4-3-5-13(16)15(18)19/h6-7,9,13H,3-5,8H2,1-2H3,(H,18,19). The van der Waals surface area contributed by atoms with Crippen LogP contribution in [0.5, 0.6) is 0 Å². The number of carbonyl (C=O) groups is 2. The molecule has 19 heavy (non-hydrogen) atoms. The summed E-state index contributed by atoms with van der Waals surface area (Å²) in [6.45, 7) is 4.34. The van der Waals surface area contributed by atoms with Gasteiger partial charge in [-0.15, -0.1) is 0 Å². The number of carbonyl (C=O) groups excluding carboxylic acids is 1. The van der Waals surface area contributed by atoms with Gasteiger partial charge in [-0.1, -0.05) is 17.7 Å². The summed E-state index contributed by atoms with van der Waals surface area (Å²) in [5.41, 5.74) is 2.52. The Morgan fingerprint density at radius 3 is 2.68 bits per heavy atom. The molecule has 1 heterocycles. The van der Waals surface area contributed by atoms with E-state index < -0.39 is 12.0 Å². The van der Waals surface area contributed by atoms with Gasteiger partial charge in [-0.25, -0.2) is 4.79 Å². The lowest BCUT2D eigenvalue weighted by molar-refractivity contribution is -0.143. The molecular formula is C15H19NO3. The quantitative estimate of drug-likeness (QED) is 0.889. The minimum absolute atomic E-state index is 0.159. The first kappa shape index (κ1) is 13.6. The largest absolute Gasteiger partial charge is 0.480 e. The highest BCUT2D eigenvalue weighted by atomic mass is 16.4. The fraction of sp³-hybridized carbons (Fsp3) is 0.467. The maximum atomic E-state index is 12.6. The molecule has 1 aliphatic rings. The van der Waals surface area contributed by atoms with Gasteiger partial charge in [0.25, 0.3) is 5.91 Å². The van der Waals surface area contributed by atoms with E-state index in [4.69, 9.17) is 0 Å². The molecule has 1 atom stereocenters. The highest BCUT2D eigenvalue weighted by molar-refractivity contribution is 5.98. The molecule has 4 nitrogen and oxygen atoms in total. The van der Waals surface area contributed by atoms with Crippen LogP contribution in [0.2, 0.25) is 0 Å². The number of benzene rings is 1. The Balaban J connectivity index is 2.31. The summed E-state index contributed by atoms with van der Waals surface area (Å²) >= 11 is 0. The zero-order chi connectivity index (χ0) is 14.0. The van der Waals surface area contributed by atoms with E-state index in [9.17, 15) is 14.7 Å². The number of nitrogens with zero attached hydrogens (tertiary/aromatic N) is 1. The first-order chi connectivity index (χ1) is 9.00. The number of likely N-dealkylation sites (tertiary alicyclic amines) is 1. The molecule has 0 bridgehead atoms. The Labute approximate surface area is 113 Å². The van der Waals surface area contributed by atoms with Gasteiger partial charge >= 0.3 is 5.97 Å². The smallest absolute Gasteiger partial charge is 0.326 e. The number of carboxylic acid groups (broad SMARTS) is 1. The molecule has 1 aliphatic heterocycles. The van der Waals surface area contributed by atoms with Crippen LogP contribution >= 0.6 is 0 Å². The van der Waals surface area contributed by atoms with Crippen molar-refractivity contribution in [2.75, 3.05) is 6.54 Å². The van der Waals surface area contributed by atoms with Crippen molar-refractivity contribution in [2.45, 2.75) is 39.2 Å². The number of aryl methyl sites for hydroxylation is 2. The van der Waals surface area contributed by atoms with Gasteiger partial charge in [0.2, 0.25) is 0 Å². The molecule has 102 valence electrons. The molecular weight excluding hydrogens is 242 g/mol. The zero-order valence-electron chi connectivity index (χ0n) is 11.3. The van der Waals surface area contributed by atoms with Crippen molar-refractivity contribution in [3.05, 3.63) is 34.9 Å². The number of aliphatic carboxylic acids is 1. The highest BCUT2D eigenvalue weighted by Crippen LogP contribution is 2.22. The molecule has 0 aromatic heterocycles. The molecule has 0 aliphatic carbocycles. The number of amides is 1. The van der Waals surface area contributed by atoms with Crippen molar-refractivity contribution in [3.63, 3.8) is 0 Å². The molecule has 0 radical (unpaired) electrons. The molecule has 1 fully saturated rings. The van der Waals surface area contributed by atoms with E-state index in [2.05, 4.69) is 0 Å². The fourth-order valence-electron chi connectivity index (χ4n) is 2.55. The Kier molecular flexibility index (Phi) is 3.88. The monoisotopic (exact) mass is 261 g/mol. The third-order valence-corrected chi connectivity index (χ3v) is 3.67. The van der Waals surface area contributed by atoms with Crippen LogP contribution in [0.3, 0.4) is 0 Å². The van der Waals surface area contributed by atoms with Crippen LogP contribution in [0.4, 0.5) is 0 Å². The van der Waals surface area contributed by atoms with Gasteiger partial charge in [0.15, 0.2) is 0 Å². The third kappa shape index (κ3) is 2.78. The highest BCUT2D eigenvalue weighted by Gasteiger charge is 2.32. The van der Waals surface area contributed by atoms with Gasteiger partial charge < -0.3 is 10.0 Å². The molecule has 1 amide bonds. The van der Waals surface area contributed by atoms with Crippen LogP contribution in [0.15, 0.2) is 18.2 Å². The van der Waals surface area contributed by atoms with E-state index in [-0.39, 0.29) is 5.91 Å². The van der Waals surface area contributed by atoms with Gasteiger partial charge in [0.1, 0.15) is 6.04 Å². The zero-order valence-corrected chi connectivity index (χ0v) is 11.3. The second-order valence-corrected chi connectivity index (χ2v) is 5.17. The van der Waals surface area contributed by atoms with Crippen molar-refractivity contribution >= 4 is 11.9 Å². The summed E-state index contributed by atoms with van der Waals surface area (Å²) in [4.78, 5) is 25.3. The Hall–Kier alpha value is -1.84. The van der Waals surface area contributed by atoms with Crippen molar-refractivity contribution < 1.29 is 14.7 Å². The summed E-state index contributed by atoms with van der Waals surface area (Å²) in [5, 5.41) is 9.23. The predicted octanol–water partition coefficient (Wildman–Crippen LogP) is 2.38. The number of hydrogen-bond acceptors (Lipinski definition) is 2. The van der Waals surface area contributed by atoms with Gasteiger partial charge in [-0.3, -0.25) is 4.79 Å². The lowest BCUT2D eigenvalue weighted by Gasteiger charge is -2.33. The predicted molar refractivity (Wildman–Crippen MR) is 72.2 cm³/mol. The summed E-state index contributed by atoms with van der Waals surface area (Å²) in [6.07, 6.45) is 2.29. The molecule has 1 aromatic rings. The van der Waals surface area contributed by atoms with Crippen LogP contribution in [0.25, 0.3) is 0 Å². The SMILES string of the molecule is Cc1ccc(C)c(C(=O)N2CCCCC2C(=O)O)c1. The first-order valence-electron chi connectivity index (χ1n) is 6.61. The molecule has 2 rings (SSSR count). The van der Waals surface area contributed by atoms with E-state index in [1.807, 2.05) is 32.0 Å². The second-order valence-electron chi connectivity index (χ2n) is 5.17. The second kappa shape index (κ2) is 5.43. The van der Waals surface area contributed by atoms with E-state index in [0.29, 0.717) is 18.5 Å². The first-order valence-corrected chi connectivity index (χ1v) is 6.61. The van der Waals surface area contributed by atoms with E-state index in [0.717, 1.165) is 24.0 Å². The summed E-state index contributed by atoms with van der Waals surface area (Å²) in [6, 6.07) is 5.02. The topological polar surface area (TPSA) is 57.6 Å². The molecule has 1 unspecified atom stereocenters. The van der Waals surface area contributed by atoms with Crippen LogP contribution in [0, 0.1) is 13.8 Å². The maximum absolute atomic E-state index is 12.6. The summed E-state index contributed by atoms with van der Waals surface area (Å²) in [7, 11) is 0. The Morgan fingerprint density at radius 1 is 1.26 bits per heavy atom. The Bertz CT molecular complexity index is 510. The average molecular weight is 261 g/mol. The average Bonchev–Trinajstić information content (AvgIpc) is 2.40. The van der Waals surface area contributed by atoms with Crippen molar-refractivity contribution in [1.29, 1.82) is 0 Å². The van der Waals surface area contributed by atoms with Gasteiger partial charge in [-0.2, -0.15) is 0 Å². The molecule has 1 aromatic carbocycles. The normalized spacial score (nSPS) is 19.3. The van der Waals surface area contributed by atoms with Crippen molar-refractivity contribution in [1.82, 2.24) is 4.90 Å². The molecule has 0 saturated carbocycles. The van der Waals surface area contributed by atoms with E-state index in [1.165, 1.54) is 4.90 Å². The van der Waals surface area contributed by atoms with Gasteiger partial charge in [-0.05, 0) is 44.7 Å². The van der Waals surface area contributed by atoms with Crippen molar-refractivity contribution in [3.8, 4) is 0 Å². The van der Waals surface area contributed by atoms with Gasteiger partial charge in [0.05, 0.1) is 0 Å². The number of rotatable bonds is 2.